The number of hydrogen-bond acceptors (Lipinski definition) is 3. The van der Waals surface area contributed by atoms with Gasteiger partial charge in [-0.15, -0.1) is 0 Å². The van der Waals surface area contributed by atoms with Crippen molar-refractivity contribution < 1.29 is 8.42 Å². The molecule has 1 rings (SSSR count). The molecule has 4 heteroatoms. The first-order valence-electron chi connectivity index (χ1n) is 5.17. The van der Waals surface area contributed by atoms with Crippen LogP contribution in [0.25, 0.3) is 0 Å². The molecule has 0 aliphatic heterocycles. The molecule has 0 aliphatic rings. The minimum atomic E-state index is -3.12. The second-order valence-corrected chi connectivity index (χ2v) is 5.57. The molecule has 0 bridgehead atoms. The number of rotatable bonds is 5. The van der Waals surface area contributed by atoms with Crippen LogP contribution in [0.4, 0.5) is 5.69 Å². The molecule has 0 saturated carbocycles. The SMILES string of the molecule is CCCNc1ccccc1S(=O)(=O)CC. The summed E-state index contributed by atoms with van der Waals surface area (Å²) in [6.07, 6.45) is 0.973. The lowest BCUT2D eigenvalue weighted by atomic mass is 10.3. The number of anilines is 1. The van der Waals surface area contributed by atoms with Crippen molar-refractivity contribution in [1.82, 2.24) is 0 Å². The van der Waals surface area contributed by atoms with Gasteiger partial charge in [0.05, 0.1) is 16.3 Å². The third-order valence-electron chi connectivity index (χ3n) is 2.17. The molecule has 0 radical (unpaired) electrons. The molecule has 1 aromatic carbocycles. The molecule has 1 N–H and O–H groups in total. The van der Waals surface area contributed by atoms with Crippen LogP contribution in [0.3, 0.4) is 0 Å². The highest BCUT2D eigenvalue weighted by Crippen LogP contribution is 2.21. The van der Waals surface area contributed by atoms with Gasteiger partial charge in [-0.1, -0.05) is 26.0 Å². The molecule has 0 aliphatic carbocycles. The van der Waals surface area contributed by atoms with E-state index in [-0.39, 0.29) is 5.75 Å². The van der Waals surface area contributed by atoms with Gasteiger partial charge in [0.1, 0.15) is 0 Å². The molecule has 0 unspecified atom stereocenters. The van der Waals surface area contributed by atoms with Crippen LogP contribution in [-0.2, 0) is 9.84 Å². The quantitative estimate of drug-likeness (QED) is 0.839. The Labute approximate surface area is 91.4 Å². The Morgan fingerprint density at radius 3 is 2.47 bits per heavy atom. The van der Waals surface area contributed by atoms with E-state index in [9.17, 15) is 8.42 Å². The Bertz CT molecular complexity index is 412. The zero-order valence-corrected chi connectivity index (χ0v) is 9.97. The van der Waals surface area contributed by atoms with E-state index in [0.717, 1.165) is 13.0 Å². The van der Waals surface area contributed by atoms with Gasteiger partial charge in [-0.25, -0.2) is 8.42 Å². The van der Waals surface area contributed by atoms with Gasteiger partial charge in [0.15, 0.2) is 9.84 Å². The van der Waals surface area contributed by atoms with Crippen molar-refractivity contribution in [2.45, 2.75) is 25.2 Å². The molecule has 0 spiro atoms. The second-order valence-electron chi connectivity index (χ2n) is 3.33. The summed E-state index contributed by atoms with van der Waals surface area (Å²) in [4.78, 5) is 0.404. The van der Waals surface area contributed by atoms with Gasteiger partial charge in [-0.2, -0.15) is 0 Å². The van der Waals surface area contributed by atoms with Crippen molar-refractivity contribution >= 4 is 15.5 Å². The molecule has 0 heterocycles. The Hall–Kier alpha value is -1.03. The number of para-hydroxylation sites is 1. The molecule has 0 amide bonds. The average Bonchev–Trinajstić information content (AvgIpc) is 2.26. The van der Waals surface area contributed by atoms with Crippen LogP contribution in [0, 0.1) is 0 Å². The van der Waals surface area contributed by atoms with Crippen LogP contribution >= 0.6 is 0 Å². The summed E-state index contributed by atoms with van der Waals surface area (Å²) in [6.45, 7) is 4.49. The van der Waals surface area contributed by atoms with Gasteiger partial charge in [-0.3, -0.25) is 0 Å². The summed E-state index contributed by atoms with van der Waals surface area (Å²) < 4.78 is 23.5. The number of sulfone groups is 1. The van der Waals surface area contributed by atoms with Crippen molar-refractivity contribution in [2.75, 3.05) is 17.6 Å². The average molecular weight is 227 g/mol. The van der Waals surface area contributed by atoms with Crippen LogP contribution in [-0.4, -0.2) is 20.7 Å². The van der Waals surface area contributed by atoms with Crippen LogP contribution in [0.1, 0.15) is 20.3 Å². The minimum absolute atomic E-state index is 0.137. The first-order valence-corrected chi connectivity index (χ1v) is 6.82. The van der Waals surface area contributed by atoms with Gasteiger partial charge in [0, 0.05) is 6.54 Å². The third-order valence-corrected chi connectivity index (χ3v) is 3.95. The maximum absolute atomic E-state index is 11.7. The van der Waals surface area contributed by atoms with Crippen LogP contribution < -0.4 is 5.32 Å². The van der Waals surface area contributed by atoms with Crippen molar-refractivity contribution in [3.8, 4) is 0 Å². The Morgan fingerprint density at radius 1 is 1.20 bits per heavy atom. The van der Waals surface area contributed by atoms with Crippen LogP contribution in [0.5, 0.6) is 0 Å². The maximum atomic E-state index is 11.7. The molecule has 15 heavy (non-hydrogen) atoms. The molecular formula is C11H17NO2S. The van der Waals surface area contributed by atoms with Crippen molar-refractivity contribution in [2.24, 2.45) is 0 Å². The van der Waals surface area contributed by atoms with E-state index in [0.29, 0.717) is 10.6 Å². The molecule has 0 saturated heterocycles. The lowest BCUT2D eigenvalue weighted by Crippen LogP contribution is -2.09. The Balaban J connectivity index is 3.07. The fourth-order valence-electron chi connectivity index (χ4n) is 1.30. The van der Waals surface area contributed by atoms with Crippen molar-refractivity contribution in [1.29, 1.82) is 0 Å². The maximum Gasteiger partial charge on any atom is 0.180 e. The van der Waals surface area contributed by atoms with Gasteiger partial charge in [0.2, 0.25) is 0 Å². The number of benzene rings is 1. The van der Waals surface area contributed by atoms with Crippen LogP contribution in [0.15, 0.2) is 29.2 Å². The largest absolute Gasteiger partial charge is 0.384 e. The molecule has 0 aromatic heterocycles. The zero-order valence-electron chi connectivity index (χ0n) is 9.16. The molecule has 3 nitrogen and oxygen atoms in total. The first kappa shape index (κ1) is 12.0. The van der Waals surface area contributed by atoms with E-state index in [4.69, 9.17) is 0 Å². The van der Waals surface area contributed by atoms with Gasteiger partial charge >= 0.3 is 0 Å². The Kier molecular flexibility index (Phi) is 4.15. The molecule has 1 aromatic rings. The zero-order chi connectivity index (χ0) is 11.3. The smallest absolute Gasteiger partial charge is 0.180 e. The highest BCUT2D eigenvalue weighted by atomic mass is 32.2. The Morgan fingerprint density at radius 2 is 1.87 bits per heavy atom. The van der Waals surface area contributed by atoms with E-state index in [1.54, 1.807) is 25.1 Å². The molecule has 0 atom stereocenters. The highest BCUT2D eigenvalue weighted by Gasteiger charge is 2.15. The van der Waals surface area contributed by atoms with Gasteiger partial charge in [-0.05, 0) is 18.6 Å². The normalized spacial score (nSPS) is 11.3. The predicted molar refractivity (Wildman–Crippen MR) is 62.9 cm³/mol. The topological polar surface area (TPSA) is 46.2 Å². The number of hydrogen-bond donors (Lipinski definition) is 1. The molecule has 0 fully saturated rings. The summed E-state index contributed by atoms with van der Waals surface area (Å²) in [6, 6.07) is 7.04. The van der Waals surface area contributed by atoms with E-state index in [1.807, 2.05) is 13.0 Å². The summed E-state index contributed by atoms with van der Waals surface area (Å²) >= 11 is 0. The van der Waals surface area contributed by atoms with Crippen molar-refractivity contribution in [3.05, 3.63) is 24.3 Å². The van der Waals surface area contributed by atoms with Crippen molar-refractivity contribution in [3.63, 3.8) is 0 Å². The van der Waals surface area contributed by atoms with E-state index < -0.39 is 9.84 Å². The van der Waals surface area contributed by atoms with Gasteiger partial charge in [0.25, 0.3) is 0 Å². The molecular weight excluding hydrogens is 210 g/mol. The summed E-state index contributed by atoms with van der Waals surface area (Å²) in [5.41, 5.74) is 0.709. The van der Waals surface area contributed by atoms with E-state index >= 15 is 0 Å². The fraction of sp³-hybridized carbons (Fsp3) is 0.455. The molecule has 84 valence electrons. The number of nitrogens with one attached hydrogen (secondary N) is 1. The summed E-state index contributed by atoms with van der Waals surface area (Å²) in [5.74, 6) is 0.137. The standard InChI is InChI=1S/C11H17NO2S/c1-3-9-12-10-7-5-6-8-11(10)15(13,14)4-2/h5-8,12H,3-4,9H2,1-2H3. The summed E-state index contributed by atoms with van der Waals surface area (Å²) in [5, 5.41) is 3.12. The van der Waals surface area contributed by atoms with Gasteiger partial charge < -0.3 is 5.32 Å². The monoisotopic (exact) mass is 227 g/mol. The first-order chi connectivity index (χ1) is 7.11. The fourth-order valence-corrected chi connectivity index (χ4v) is 2.37. The minimum Gasteiger partial charge on any atom is -0.384 e. The highest BCUT2D eigenvalue weighted by molar-refractivity contribution is 7.91. The van der Waals surface area contributed by atoms with E-state index in [2.05, 4.69) is 5.32 Å². The van der Waals surface area contributed by atoms with Crippen LogP contribution in [0.2, 0.25) is 0 Å². The summed E-state index contributed by atoms with van der Waals surface area (Å²) in [7, 11) is -3.12. The van der Waals surface area contributed by atoms with E-state index in [1.165, 1.54) is 0 Å². The lowest BCUT2D eigenvalue weighted by Gasteiger charge is -2.10. The third kappa shape index (κ3) is 2.96. The lowest BCUT2D eigenvalue weighted by molar-refractivity contribution is 0.597. The predicted octanol–water partition coefficient (Wildman–Crippen LogP) is 2.30. The second kappa shape index (κ2) is 5.16.